The predicted octanol–water partition coefficient (Wildman–Crippen LogP) is 5.16. The number of nitrogens with one attached hydrogen (secondary N) is 1. The van der Waals surface area contributed by atoms with Crippen LogP contribution in [0.25, 0.3) is 0 Å². The maximum atomic E-state index is 12.9. The summed E-state index contributed by atoms with van der Waals surface area (Å²) in [5, 5.41) is 2.74. The summed E-state index contributed by atoms with van der Waals surface area (Å²) in [5.41, 5.74) is 2.75. The maximum absolute atomic E-state index is 12.9. The van der Waals surface area contributed by atoms with E-state index in [2.05, 4.69) is 5.32 Å². The van der Waals surface area contributed by atoms with Gasteiger partial charge in [0.25, 0.3) is 0 Å². The number of carbonyl (C=O) groups excluding carboxylic acids is 1. The van der Waals surface area contributed by atoms with Crippen molar-refractivity contribution in [1.29, 1.82) is 0 Å². The van der Waals surface area contributed by atoms with E-state index in [1.807, 2.05) is 51.1 Å². The van der Waals surface area contributed by atoms with Gasteiger partial charge in [0, 0.05) is 5.69 Å². The first-order valence-corrected chi connectivity index (χ1v) is 12.1. The van der Waals surface area contributed by atoms with Crippen LogP contribution in [-0.4, -0.2) is 19.6 Å². The smallest absolute Gasteiger partial charge is 0.234 e. The van der Waals surface area contributed by atoms with Gasteiger partial charge in [-0.1, -0.05) is 61.2 Å². The molecule has 1 aliphatic rings. The van der Waals surface area contributed by atoms with E-state index in [0.29, 0.717) is 5.69 Å². The maximum Gasteiger partial charge on any atom is 0.234 e. The molecule has 1 N–H and O–H groups in total. The molecule has 0 atom stereocenters. The first-order valence-electron chi connectivity index (χ1n) is 10.4. The Hall–Kier alpha value is -2.14. The highest BCUT2D eigenvalue weighted by atomic mass is 32.2. The zero-order valence-corrected chi connectivity index (χ0v) is 18.4. The van der Waals surface area contributed by atoms with E-state index in [9.17, 15) is 13.2 Å². The van der Waals surface area contributed by atoms with Gasteiger partial charge in [0.05, 0.1) is 16.4 Å². The monoisotopic (exact) mass is 413 g/mol. The molecule has 0 aliphatic heterocycles. The van der Waals surface area contributed by atoms with Gasteiger partial charge in [-0.15, -0.1) is 0 Å². The summed E-state index contributed by atoms with van der Waals surface area (Å²) in [4.78, 5) is 12.9. The van der Waals surface area contributed by atoms with Crippen LogP contribution in [0.4, 0.5) is 5.69 Å². The summed E-state index contributed by atoms with van der Waals surface area (Å²) in [6, 6.07) is 15.2. The Morgan fingerprint density at radius 2 is 1.69 bits per heavy atom. The number of hydrogen-bond donors (Lipinski definition) is 1. The number of sulfone groups is 1. The average Bonchev–Trinajstić information content (AvgIpc) is 2.69. The second-order valence-electron chi connectivity index (χ2n) is 8.71. The molecule has 0 bridgehead atoms. The fourth-order valence-electron chi connectivity index (χ4n) is 3.90. The summed E-state index contributed by atoms with van der Waals surface area (Å²) < 4.78 is 25.5. The van der Waals surface area contributed by atoms with Crippen molar-refractivity contribution in [2.24, 2.45) is 0 Å². The summed E-state index contributed by atoms with van der Waals surface area (Å²) in [5.74, 6) is -0.0865. The number of anilines is 1. The van der Waals surface area contributed by atoms with Gasteiger partial charge in [0.2, 0.25) is 5.91 Å². The van der Waals surface area contributed by atoms with E-state index in [1.165, 1.54) is 0 Å². The van der Waals surface area contributed by atoms with Crippen LogP contribution in [0.5, 0.6) is 0 Å². The van der Waals surface area contributed by atoms with Gasteiger partial charge in [-0.3, -0.25) is 4.79 Å². The number of amides is 1. The van der Waals surface area contributed by atoms with Crippen LogP contribution in [0.2, 0.25) is 0 Å². The minimum absolute atomic E-state index is 0.0305. The molecule has 0 radical (unpaired) electrons. The van der Waals surface area contributed by atoms with Gasteiger partial charge in [-0.25, -0.2) is 8.42 Å². The Balaban J connectivity index is 1.72. The molecule has 2 aromatic rings. The van der Waals surface area contributed by atoms with Crippen LogP contribution < -0.4 is 5.32 Å². The molecule has 4 nitrogen and oxygen atoms in total. The first-order chi connectivity index (χ1) is 13.7. The third-order valence-electron chi connectivity index (χ3n) is 5.95. The molecule has 2 aromatic carbocycles. The van der Waals surface area contributed by atoms with Gasteiger partial charge < -0.3 is 5.32 Å². The van der Waals surface area contributed by atoms with Crippen molar-refractivity contribution >= 4 is 21.4 Å². The minimum atomic E-state index is -3.17. The Bertz CT molecular complexity index is 956. The van der Waals surface area contributed by atoms with Gasteiger partial charge >= 0.3 is 0 Å². The molecule has 0 saturated heterocycles. The molecular formula is C24H31NO3S. The van der Waals surface area contributed by atoms with E-state index in [1.54, 1.807) is 18.2 Å². The van der Waals surface area contributed by atoms with E-state index in [0.717, 1.165) is 48.8 Å². The van der Waals surface area contributed by atoms with Crippen molar-refractivity contribution in [3.8, 4) is 0 Å². The second kappa shape index (κ2) is 8.70. The fourth-order valence-corrected chi connectivity index (χ4v) is 5.83. The number of carbonyl (C=O) groups is 1. The number of aryl methyl sites for hydroxylation is 1. The van der Waals surface area contributed by atoms with Crippen molar-refractivity contribution in [2.45, 2.75) is 69.3 Å². The highest BCUT2D eigenvalue weighted by molar-refractivity contribution is 7.91. The van der Waals surface area contributed by atoms with Gasteiger partial charge in [0.15, 0.2) is 9.84 Å². The van der Waals surface area contributed by atoms with Gasteiger partial charge in [-0.2, -0.15) is 0 Å². The van der Waals surface area contributed by atoms with E-state index in [-0.39, 0.29) is 16.9 Å². The Morgan fingerprint density at radius 3 is 2.34 bits per heavy atom. The number of rotatable bonds is 6. The molecule has 156 valence electrons. The molecular weight excluding hydrogens is 382 g/mol. The van der Waals surface area contributed by atoms with Crippen LogP contribution in [0.3, 0.4) is 0 Å². The van der Waals surface area contributed by atoms with Crippen LogP contribution >= 0.6 is 0 Å². The molecule has 1 fully saturated rings. The lowest BCUT2D eigenvalue weighted by Crippen LogP contribution is -2.34. The first kappa shape index (κ1) is 21.6. The molecule has 0 unspecified atom stereocenters. The molecule has 1 amide bonds. The molecule has 3 rings (SSSR count). The molecule has 1 aliphatic carbocycles. The van der Waals surface area contributed by atoms with Crippen molar-refractivity contribution < 1.29 is 13.2 Å². The van der Waals surface area contributed by atoms with Crippen LogP contribution in [0, 0.1) is 6.92 Å². The van der Waals surface area contributed by atoms with Crippen molar-refractivity contribution in [3.63, 3.8) is 0 Å². The standard InChI is InChI=1S/C24H31NO3S/c1-18-12-14-20(15-13-18)24(2,3)23(26)25-21-9-7-8-19(16-21)17-29(27,28)22-10-5-4-6-11-22/h7-9,12-16,22H,4-6,10-11,17H2,1-3H3,(H,25,26). The topological polar surface area (TPSA) is 63.2 Å². The second-order valence-corrected chi connectivity index (χ2v) is 11.0. The van der Waals surface area contributed by atoms with Crippen molar-refractivity contribution in [3.05, 3.63) is 65.2 Å². The highest BCUT2D eigenvalue weighted by Gasteiger charge is 2.30. The summed E-state index contributed by atoms with van der Waals surface area (Å²) >= 11 is 0. The van der Waals surface area contributed by atoms with E-state index >= 15 is 0 Å². The SMILES string of the molecule is Cc1ccc(C(C)(C)C(=O)Nc2cccc(CS(=O)(=O)C3CCCCC3)c2)cc1. The van der Waals surface area contributed by atoms with Crippen molar-refractivity contribution in [2.75, 3.05) is 5.32 Å². The predicted molar refractivity (Wildman–Crippen MR) is 119 cm³/mol. The lowest BCUT2D eigenvalue weighted by Gasteiger charge is -2.25. The molecule has 0 aromatic heterocycles. The van der Waals surface area contributed by atoms with Crippen LogP contribution in [0.1, 0.15) is 62.6 Å². The third-order valence-corrected chi connectivity index (χ3v) is 8.18. The van der Waals surface area contributed by atoms with Gasteiger partial charge in [-0.05, 0) is 56.9 Å². The molecule has 1 saturated carbocycles. The fraction of sp³-hybridized carbons (Fsp3) is 0.458. The number of benzene rings is 2. The zero-order valence-electron chi connectivity index (χ0n) is 17.6. The lowest BCUT2D eigenvalue weighted by molar-refractivity contribution is -0.120. The molecule has 5 heteroatoms. The van der Waals surface area contributed by atoms with E-state index in [4.69, 9.17) is 0 Å². The summed E-state index contributed by atoms with van der Waals surface area (Å²) in [6.45, 7) is 5.80. The summed E-state index contributed by atoms with van der Waals surface area (Å²) in [7, 11) is -3.17. The number of hydrogen-bond acceptors (Lipinski definition) is 3. The normalized spacial score (nSPS) is 15.8. The third kappa shape index (κ3) is 5.27. The van der Waals surface area contributed by atoms with Crippen LogP contribution in [0.15, 0.2) is 48.5 Å². The largest absolute Gasteiger partial charge is 0.325 e. The average molecular weight is 414 g/mol. The minimum Gasteiger partial charge on any atom is -0.325 e. The Morgan fingerprint density at radius 1 is 1.03 bits per heavy atom. The molecule has 0 heterocycles. The Kier molecular flexibility index (Phi) is 6.47. The Labute approximate surface area is 174 Å². The zero-order chi connectivity index (χ0) is 21.1. The highest BCUT2D eigenvalue weighted by Crippen LogP contribution is 2.28. The van der Waals surface area contributed by atoms with Gasteiger partial charge in [0.1, 0.15) is 0 Å². The quantitative estimate of drug-likeness (QED) is 0.711. The lowest BCUT2D eigenvalue weighted by atomic mass is 9.83. The van der Waals surface area contributed by atoms with Crippen molar-refractivity contribution in [1.82, 2.24) is 0 Å². The van der Waals surface area contributed by atoms with E-state index < -0.39 is 15.3 Å². The molecule has 0 spiro atoms. The van der Waals surface area contributed by atoms with Crippen LogP contribution in [-0.2, 0) is 25.8 Å². The molecule has 29 heavy (non-hydrogen) atoms. The summed E-state index contributed by atoms with van der Waals surface area (Å²) in [6.07, 6.45) is 4.65.